The van der Waals surface area contributed by atoms with Crippen LogP contribution in [-0.4, -0.2) is 45.0 Å². The molecule has 2 rings (SSSR count). The van der Waals surface area contributed by atoms with Gasteiger partial charge in [0.2, 0.25) is 5.91 Å². The minimum atomic E-state index is -0.617. The number of halogens is 1. The topological polar surface area (TPSA) is 61.6 Å². The molecule has 1 aliphatic rings. The number of nitrogens with two attached hydrogens (primary N) is 1. The summed E-state index contributed by atoms with van der Waals surface area (Å²) in [4.78, 5) is 15.7. The molecular weight excluding hydrogens is 264 g/mol. The third-order valence-electron chi connectivity index (χ3n) is 3.29. The summed E-state index contributed by atoms with van der Waals surface area (Å²) in [6, 6.07) is 3.05. The molecule has 0 saturated carbocycles. The molecule has 3 N–H and O–H groups in total. The maximum Gasteiger partial charge on any atom is 0.245 e. The molecule has 6 heteroatoms. The molecule has 1 heterocycles. The fourth-order valence-corrected chi connectivity index (χ4v) is 2.37. The molecule has 19 heavy (non-hydrogen) atoms. The summed E-state index contributed by atoms with van der Waals surface area (Å²) < 4.78 is 0. The monoisotopic (exact) mass is 282 g/mol. The molecule has 0 bridgehead atoms. The molecule has 0 radical (unpaired) electrons. The van der Waals surface area contributed by atoms with Crippen LogP contribution < -0.4 is 16.0 Å². The van der Waals surface area contributed by atoms with Gasteiger partial charge in [0.25, 0.3) is 0 Å². The molecule has 1 amide bonds. The Labute approximate surface area is 118 Å². The third kappa shape index (κ3) is 2.83. The normalized spacial score (nSPS) is 17.6. The standard InChI is InChI=1S/C13H19ClN4O/c1-17(2)4-5-18(3)11-7-10-8(6-9(11)14)12(15)13(19)16-10/h6-7,12H,4-5,15H2,1-3H3,(H,16,19). The van der Waals surface area contributed by atoms with Crippen molar-refractivity contribution in [2.75, 3.05) is 44.4 Å². The number of rotatable bonds is 4. The van der Waals surface area contributed by atoms with Crippen LogP contribution in [0.15, 0.2) is 12.1 Å². The van der Waals surface area contributed by atoms with Crippen molar-refractivity contribution in [1.29, 1.82) is 0 Å². The summed E-state index contributed by atoms with van der Waals surface area (Å²) in [6.07, 6.45) is 0. The maximum absolute atomic E-state index is 11.5. The van der Waals surface area contributed by atoms with E-state index in [0.717, 1.165) is 30.0 Å². The van der Waals surface area contributed by atoms with E-state index in [1.165, 1.54) is 0 Å². The van der Waals surface area contributed by atoms with E-state index in [1.807, 2.05) is 27.2 Å². The Morgan fingerprint density at radius 3 is 2.63 bits per heavy atom. The van der Waals surface area contributed by atoms with E-state index in [2.05, 4.69) is 15.1 Å². The minimum Gasteiger partial charge on any atom is -0.372 e. The third-order valence-corrected chi connectivity index (χ3v) is 3.59. The van der Waals surface area contributed by atoms with Crippen molar-refractivity contribution >= 4 is 28.9 Å². The van der Waals surface area contributed by atoms with Crippen molar-refractivity contribution in [3.8, 4) is 0 Å². The highest BCUT2D eigenvalue weighted by Gasteiger charge is 2.28. The van der Waals surface area contributed by atoms with Crippen molar-refractivity contribution < 1.29 is 4.79 Å². The van der Waals surface area contributed by atoms with Gasteiger partial charge in [-0.05, 0) is 26.2 Å². The zero-order chi connectivity index (χ0) is 14.2. The Morgan fingerprint density at radius 2 is 2.00 bits per heavy atom. The summed E-state index contributed by atoms with van der Waals surface area (Å²) >= 11 is 6.28. The van der Waals surface area contributed by atoms with Gasteiger partial charge < -0.3 is 20.9 Å². The minimum absolute atomic E-state index is 0.181. The van der Waals surface area contributed by atoms with Gasteiger partial charge in [-0.3, -0.25) is 4.79 Å². The van der Waals surface area contributed by atoms with Crippen LogP contribution in [0.4, 0.5) is 11.4 Å². The van der Waals surface area contributed by atoms with Gasteiger partial charge >= 0.3 is 0 Å². The van der Waals surface area contributed by atoms with E-state index in [9.17, 15) is 4.79 Å². The average molecular weight is 283 g/mol. The lowest BCUT2D eigenvalue weighted by Crippen LogP contribution is -2.28. The summed E-state index contributed by atoms with van der Waals surface area (Å²) in [6.45, 7) is 1.78. The van der Waals surface area contributed by atoms with Gasteiger partial charge in [0.05, 0.1) is 10.7 Å². The number of nitrogens with zero attached hydrogens (tertiary/aromatic N) is 2. The van der Waals surface area contributed by atoms with E-state index in [1.54, 1.807) is 6.07 Å². The van der Waals surface area contributed by atoms with Crippen molar-refractivity contribution in [1.82, 2.24) is 4.90 Å². The molecule has 1 unspecified atom stereocenters. The fourth-order valence-electron chi connectivity index (χ4n) is 2.06. The van der Waals surface area contributed by atoms with Gasteiger partial charge in [0.1, 0.15) is 6.04 Å². The van der Waals surface area contributed by atoms with Gasteiger partial charge in [-0.2, -0.15) is 0 Å². The number of carbonyl (C=O) groups excluding carboxylic acids is 1. The van der Waals surface area contributed by atoms with Gasteiger partial charge in [0.15, 0.2) is 0 Å². The number of hydrogen-bond acceptors (Lipinski definition) is 4. The molecule has 104 valence electrons. The summed E-state index contributed by atoms with van der Waals surface area (Å²) in [5.41, 5.74) is 8.21. The first-order chi connectivity index (χ1) is 8.90. The van der Waals surface area contributed by atoms with E-state index in [4.69, 9.17) is 17.3 Å². The number of anilines is 2. The number of hydrogen-bond donors (Lipinski definition) is 2. The number of fused-ring (bicyclic) bond motifs is 1. The molecule has 0 aliphatic carbocycles. The van der Waals surface area contributed by atoms with Crippen molar-refractivity contribution in [2.45, 2.75) is 6.04 Å². The Bertz CT molecular complexity index is 504. The number of nitrogens with one attached hydrogen (secondary N) is 1. The Hall–Kier alpha value is -1.30. The van der Waals surface area contributed by atoms with Crippen molar-refractivity contribution in [2.24, 2.45) is 5.73 Å². The Morgan fingerprint density at radius 1 is 1.32 bits per heavy atom. The molecular formula is C13H19ClN4O. The van der Waals surface area contributed by atoms with Gasteiger partial charge in [-0.15, -0.1) is 0 Å². The maximum atomic E-state index is 11.5. The molecule has 0 fully saturated rings. The molecule has 5 nitrogen and oxygen atoms in total. The molecule has 1 aromatic rings. The number of likely N-dealkylation sites (N-methyl/N-ethyl adjacent to an activating group) is 2. The Kier molecular flexibility index (Phi) is 3.99. The molecule has 1 aromatic carbocycles. The second kappa shape index (κ2) is 5.36. The number of carbonyl (C=O) groups is 1. The van der Waals surface area contributed by atoms with Crippen LogP contribution in [0.1, 0.15) is 11.6 Å². The van der Waals surface area contributed by atoms with Crippen LogP contribution in [0.5, 0.6) is 0 Å². The van der Waals surface area contributed by atoms with E-state index < -0.39 is 6.04 Å². The lowest BCUT2D eigenvalue weighted by atomic mass is 10.1. The predicted octanol–water partition coefficient (Wildman–Crippen LogP) is 1.29. The summed E-state index contributed by atoms with van der Waals surface area (Å²) in [5.74, 6) is -0.181. The second-order valence-corrected chi connectivity index (χ2v) is 5.49. The largest absolute Gasteiger partial charge is 0.372 e. The summed E-state index contributed by atoms with van der Waals surface area (Å²) in [5, 5.41) is 3.39. The van der Waals surface area contributed by atoms with Gasteiger partial charge in [-0.25, -0.2) is 0 Å². The van der Waals surface area contributed by atoms with Crippen LogP contribution in [0, 0.1) is 0 Å². The fraction of sp³-hybridized carbons (Fsp3) is 0.462. The first-order valence-corrected chi connectivity index (χ1v) is 6.53. The number of amides is 1. The molecule has 0 saturated heterocycles. The zero-order valence-corrected chi connectivity index (χ0v) is 12.2. The smallest absolute Gasteiger partial charge is 0.245 e. The first kappa shape index (κ1) is 14.1. The first-order valence-electron chi connectivity index (χ1n) is 6.16. The van der Waals surface area contributed by atoms with Crippen molar-refractivity contribution in [3.05, 3.63) is 22.7 Å². The van der Waals surface area contributed by atoms with Crippen LogP contribution in [0.3, 0.4) is 0 Å². The average Bonchev–Trinajstić information content (AvgIpc) is 2.61. The van der Waals surface area contributed by atoms with Gasteiger partial charge in [0, 0.05) is 31.4 Å². The molecule has 1 atom stereocenters. The van der Waals surface area contributed by atoms with E-state index in [-0.39, 0.29) is 5.91 Å². The predicted molar refractivity (Wildman–Crippen MR) is 78.8 cm³/mol. The highest BCUT2D eigenvalue weighted by atomic mass is 35.5. The Balaban J connectivity index is 2.24. The lowest BCUT2D eigenvalue weighted by Gasteiger charge is -2.23. The molecule has 1 aliphatic heterocycles. The van der Waals surface area contributed by atoms with E-state index >= 15 is 0 Å². The lowest BCUT2D eigenvalue weighted by molar-refractivity contribution is -0.116. The highest BCUT2D eigenvalue weighted by Crippen LogP contribution is 2.37. The number of benzene rings is 1. The molecule has 0 spiro atoms. The van der Waals surface area contributed by atoms with Crippen LogP contribution in [-0.2, 0) is 4.79 Å². The highest BCUT2D eigenvalue weighted by molar-refractivity contribution is 6.33. The zero-order valence-electron chi connectivity index (χ0n) is 11.4. The van der Waals surface area contributed by atoms with Crippen LogP contribution >= 0.6 is 11.6 Å². The van der Waals surface area contributed by atoms with Crippen LogP contribution in [0.25, 0.3) is 0 Å². The molecule has 0 aromatic heterocycles. The van der Waals surface area contributed by atoms with Gasteiger partial charge in [-0.1, -0.05) is 11.6 Å². The van der Waals surface area contributed by atoms with Crippen LogP contribution in [0.2, 0.25) is 5.02 Å². The second-order valence-electron chi connectivity index (χ2n) is 5.08. The van der Waals surface area contributed by atoms with E-state index in [0.29, 0.717) is 5.02 Å². The SMILES string of the molecule is CN(C)CCN(C)c1cc2c(cc1Cl)C(N)C(=O)N2. The van der Waals surface area contributed by atoms with Crippen molar-refractivity contribution in [3.63, 3.8) is 0 Å². The summed E-state index contributed by atoms with van der Waals surface area (Å²) in [7, 11) is 6.03. The quantitative estimate of drug-likeness (QED) is 0.874.